The van der Waals surface area contributed by atoms with E-state index in [9.17, 15) is 4.79 Å². The summed E-state index contributed by atoms with van der Waals surface area (Å²) >= 11 is 1.75. The molecule has 30 heavy (non-hydrogen) atoms. The molecule has 4 aromatic rings. The Morgan fingerprint density at radius 3 is 2.67 bits per heavy atom. The van der Waals surface area contributed by atoms with Crippen LogP contribution >= 0.6 is 11.3 Å². The summed E-state index contributed by atoms with van der Waals surface area (Å²) in [6, 6.07) is 23.1. The van der Waals surface area contributed by atoms with Crippen LogP contribution in [0.4, 0.5) is 0 Å². The van der Waals surface area contributed by atoms with Gasteiger partial charge in [-0.1, -0.05) is 54.6 Å². The standard InChI is InChI=1S/C26H24N2OS/c1-18-21(17-25(29)28-15-7-13-23(28)24-14-8-16-30-24)26(19-9-3-2-4-10-19)20-11-5-6-12-22(20)27-18/h2-6,8-12,14,16,23H,7,13,15,17H2,1H3. The zero-order chi connectivity index (χ0) is 20.5. The zero-order valence-corrected chi connectivity index (χ0v) is 17.9. The van der Waals surface area contributed by atoms with E-state index in [1.165, 1.54) is 4.88 Å². The van der Waals surface area contributed by atoms with Crippen LogP contribution in [0.3, 0.4) is 0 Å². The van der Waals surface area contributed by atoms with Crippen LogP contribution in [0.2, 0.25) is 0 Å². The van der Waals surface area contributed by atoms with E-state index in [-0.39, 0.29) is 11.9 Å². The number of thiophene rings is 1. The fraction of sp³-hybridized carbons (Fsp3) is 0.231. The fourth-order valence-electron chi connectivity index (χ4n) is 4.62. The first kappa shape index (κ1) is 19.0. The summed E-state index contributed by atoms with van der Waals surface area (Å²) in [5, 5.41) is 3.20. The SMILES string of the molecule is Cc1nc2ccccc2c(-c2ccccc2)c1CC(=O)N1CCCC1c1cccs1. The molecule has 2 aromatic heterocycles. The van der Waals surface area contributed by atoms with Crippen LogP contribution in [0.15, 0.2) is 72.1 Å². The van der Waals surface area contributed by atoms with Gasteiger partial charge in [-0.05, 0) is 54.0 Å². The lowest BCUT2D eigenvalue weighted by Gasteiger charge is -2.25. The number of hydrogen-bond donors (Lipinski definition) is 0. The zero-order valence-electron chi connectivity index (χ0n) is 17.0. The molecule has 1 amide bonds. The number of aromatic nitrogens is 1. The molecule has 1 aliphatic heterocycles. The molecule has 0 aliphatic carbocycles. The van der Waals surface area contributed by atoms with Crippen molar-refractivity contribution in [2.24, 2.45) is 0 Å². The van der Waals surface area contributed by atoms with Crippen LogP contribution < -0.4 is 0 Å². The summed E-state index contributed by atoms with van der Waals surface area (Å²) in [6.07, 6.45) is 2.50. The molecular weight excluding hydrogens is 388 g/mol. The van der Waals surface area contributed by atoms with E-state index in [1.54, 1.807) is 11.3 Å². The molecule has 0 N–H and O–H groups in total. The predicted molar refractivity (Wildman–Crippen MR) is 124 cm³/mol. The third-order valence-corrected chi connectivity index (χ3v) is 7.01. The van der Waals surface area contributed by atoms with Crippen molar-refractivity contribution >= 4 is 28.1 Å². The number of aryl methyl sites for hydroxylation is 1. The van der Waals surface area contributed by atoms with Crippen LogP contribution in [0.1, 0.15) is 35.0 Å². The van der Waals surface area contributed by atoms with Crippen molar-refractivity contribution in [3.05, 3.63) is 88.2 Å². The maximum absolute atomic E-state index is 13.5. The molecule has 0 bridgehead atoms. The van der Waals surface area contributed by atoms with Crippen molar-refractivity contribution in [1.29, 1.82) is 0 Å². The number of rotatable bonds is 4. The second-order valence-corrected chi connectivity index (χ2v) is 8.85. The van der Waals surface area contributed by atoms with Gasteiger partial charge >= 0.3 is 0 Å². The highest BCUT2D eigenvalue weighted by Crippen LogP contribution is 2.37. The van der Waals surface area contributed by atoms with Crippen LogP contribution in [0, 0.1) is 6.92 Å². The Morgan fingerprint density at radius 2 is 1.87 bits per heavy atom. The number of para-hydroxylation sites is 1. The molecule has 3 nitrogen and oxygen atoms in total. The molecule has 2 aromatic carbocycles. The van der Waals surface area contributed by atoms with Crippen molar-refractivity contribution < 1.29 is 4.79 Å². The number of fused-ring (bicyclic) bond motifs is 1. The molecule has 3 heterocycles. The van der Waals surface area contributed by atoms with Gasteiger partial charge in [0.2, 0.25) is 5.91 Å². The summed E-state index contributed by atoms with van der Waals surface area (Å²) in [6.45, 7) is 2.87. The van der Waals surface area contributed by atoms with Crippen LogP contribution in [-0.4, -0.2) is 22.3 Å². The van der Waals surface area contributed by atoms with E-state index >= 15 is 0 Å². The predicted octanol–water partition coefficient (Wildman–Crippen LogP) is 6.18. The summed E-state index contributed by atoms with van der Waals surface area (Å²) in [7, 11) is 0. The van der Waals surface area contributed by atoms with E-state index in [0.29, 0.717) is 6.42 Å². The maximum atomic E-state index is 13.5. The molecule has 0 saturated carbocycles. The largest absolute Gasteiger partial charge is 0.335 e. The summed E-state index contributed by atoms with van der Waals surface area (Å²) in [5.41, 5.74) is 5.23. The van der Waals surface area contributed by atoms with Gasteiger partial charge in [0.05, 0.1) is 18.0 Å². The van der Waals surface area contributed by atoms with Crippen molar-refractivity contribution in [3.63, 3.8) is 0 Å². The Morgan fingerprint density at radius 1 is 1.07 bits per heavy atom. The van der Waals surface area contributed by atoms with Crippen LogP contribution in [-0.2, 0) is 11.2 Å². The van der Waals surface area contributed by atoms with Gasteiger partial charge in [-0.25, -0.2) is 0 Å². The second kappa shape index (κ2) is 8.04. The Kier molecular flexibility index (Phi) is 5.09. The number of carbonyl (C=O) groups is 1. The average Bonchev–Trinajstić information content (AvgIpc) is 3.46. The monoisotopic (exact) mass is 412 g/mol. The minimum absolute atomic E-state index is 0.197. The van der Waals surface area contributed by atoms with Crippen molar-refractivity contribution in [2.75, 3.05) is 6.54 Å². The van der Waals surface area contributed by atoms with E-state index in [4.69, 9.17) is 4.98 Å². The number of amides is 1. The Balaban J connectivity index is 1.57. The maximum Gasteiger partial charge on any atom is 0.227 e. The van der Waals surface area contributed by atoms with Gasteiger partial charge in [-0.2, -0.15) is 0 Å². The number of pyridine rings is 1. The van der Waals surface area contributed by atoms with Crippen molar-refractivity contribution in [3.8, 4) is 11.1 Å². The van der Waals surface area contributed by atoms with E-state index in [2.05, 4.69) is 52.7 Å². The topological polar surface area (TPSA) is 33.2 Å². The van der Waals surface area contributed by atoms with Gasteiger partial charge < -0.3 is 4.90 Å². The Bertz CT molecular complexity index is 1180. The Labute approximate surface area is 181 Å². The molecule has 0 radical (unpaired) electrons. The lowest BCUT2D eigenvalue weighted by molar-refractivity contribution is -0.131. The minimum Gasteiger partial charge on any atom is -0.335 e. The fourth-order valence-corrected chi connectivity index (χ4v) is 5.49. The first-order chi connectivity index (χ1) is 14.7. The van der Waals surface area contributed by atoms with E-state index < -0.39 is 0 Å². The highest BCUT2D eigenvalue weighted by molar-refractivity contribution is 7.10. The molecular formula is C26H24N2OS. The van der Waals surface area contributed by atoms with Crippen LogP contribution in [0.25, 0.3) is 22.0 Å². The molecule has 0 spiro atoms. The first-order valence-corrected chi connectivity index (χ1v) is 11.4. The number of hydrogen-bond acceptors (Lipinski definition) is 3. The first-order valence-electron chi connectivity index (χ1n) is 10.5. The molecule has 150 valence electrons. The summed E-state index contributed by atoms with van der Waals surface area (Å²) < 4.78 is 0. The van der Waals surface area contributed by atoms with Gasteiger partial charge in [0.15, 0.2) is 0 Å². The molecule has 5 rings (SSSR count). The molecule has 1 aliphatic rings. The molecule has 1 atom stereocenters. The number of nitrogens with zero attached hydrogens (tertiary/aromatic N) is 2. The number of benzene rings is 2. The Hall–Kier alpha value is -2.98. The molecule has 4 heteroatoms. The average molecular weight is 413 g/mol. The number of likely N-dealkylation sites (tertiary alicyclic amines) is 1. The van der Waals surface area contributed by atoms with Gasteiger partial charge in [0, 0.05) is 22.5 Å². The molecule has 1 unspecified atom stereocenters. The third kappa shape index (κ3) is 3.41. The van der Waals surface area contributed by atoms with E-state index in [1.807, 2.05) is 31.2 Å². The number of carbonyl (C=O) groups excluding carboxylic acids is 1. The van der Waals surface area contributed by atoms with Gasteiger partial charge in [0.25, 0.3) is 0 Å². The molecule has 1 saturated heterocycles. The minimum atomic E-state index is 0.197. The third-order valence-electron chi connectivity index (χ3n) is 6.04. The van der Waals surface area contributed by atoms with Gasteiger partial charge in [-0.3, -0.25) is 9.78 Å². The second-order valence-electron chi connectivity index (χ2n) is 7.87. The lowest BCUT2D eigenvalue weighted by atomic mass is 9.92. The van der Waals surface area contributed by atoms with Crippen LogP contribution in [0.5, 0.6) is 0 Å². The molecule has 1 fully saturated rings. The van der Waals surface area contributed by atoms with Crippen molar-refractivity contribution in [2.45, 2.75) is 32.2 Å². The quantitative estimate of drug-likeness (QED) is 0.401. The highest BCUT2D eigenvalue weighted by atomic mass is 32.1. The summed E-state index contributed by atoms with van der Waals surface area (Å²) in [4.78, 5) is 21.7. The van der Waals surface area contributed by atoms with E-state index in [0.717, 1.165) is 52.7 Å². The van der Waals surface area contributed by atoms with Gasteiger partial charge in [0.1, 0.15) is 0 Å². The smallest absolute Gasteiger partial charge is 0.227 e. The van der Waals surface area contributed by atoms with Crippen molar-refractivity contribution in [1.82, 2.24) is 9.88 Å². The highest BCUT2D eigenvalue weighted by Gasteiger charge is 2.31. The lowest BCUT2D eigenvalue weighted by Crippen LogP contribution is -2.31. The summed E-state index contributed by atoms with van der Waals surface area (Å²) in [5.74, 6) is 0.197. The normalized spacial score (nSPS) is 16.3. The van der Waals surface area contributed by atoms with Gasteiger partial charge in [-0.15, -0.1) is 11.3 Å².